The van der Waals surface area contributed by atoms with E-state index in [1.807, 2.05) is 68.4 Å². The number of aromatic nitrogens is 1. The van der Waals surface area contributed by atoms with Crippen LogP contribution in [0.2, 0.25) is 0 Å². The maximum Gasteiger partial charge on any atom is 0.329 e. The quantitative estimate of drug-likeness (QED) is 0.731. The number of nitrogens with zero attached hydrogens (tertiary/aromatic N) is 1. The minimum atomic E-state index is -0.613. The lowest BCUT2D eigenvalue weighted by atomic mass is 9.90. The second-order valence-electron chi connectivity index (χ2n) is 6.81. The third-order valence-corrected chi connectivity index (χ3v) is 4.75. The van der Waals surface area contributed by atoms with Gasteiger partial charge in [-0.15, -0.1) is 0 Å². The molecular formula is C21H20N2O2. The highest BCUT2D eigenvalue weighted by atomic mass is 16.6. The Morgan fingerprint density at radius 1 is 1.12 bits per heavy atom. The van der Waals surface area contributed by atoms with Gasteiger partial charge in [0, 0.05) is 11.8 Å². The molecule has 0 spiro atoms. The van der Waals surface area contributed by atoms with E-state index in [4.69, 9.17) is 4.74 Å². The van der Waals surface area contributed by atoms with Crippen LogP contribution in [0.4, 0.5) is 5.82 Å². The molecule has 4 heteroatoms. The Morgan fingerprint density at radius 2 is 1.96 bits per heavy atom. The van der Waals surface area contributed by atoms with Gasteiger partial charge in [0.05, 0.1) is 5.52 Å². The fourth-order valence-electron chi connectivity index (χ4n) is 3.39. The van der Waals surface area contributed by atoms with Gasteiger partial charge in [-0.1, -0.05) is 48.0 Å². The molecule has 1 aliphatic rings. The van der Waals surface area contributed by atoms with Crippen molar-refractivity contribution in [2.75, 3.05) is 5.32 Å². The highest BCUT2D eigenvalue weighted by Gasteiger charge is 2.44. The molecule has 4 rings (SSSR count). The monoisotopic (exact) mass is 332 g/mol. The summed E-state index contributed by atoms with van der Waals surface area (Å²) in [5.74, 6) is 0.452. The number of benzene rings is 2. The van der Waals surface area contributed by atoms with E-state index in [1.54, 1.807) is 0 Å². The summed E-state index contributed by atoms with van der Waals surface area (Å²) in [6, 6.07) is 19.5. The minimum absolute atomic E-state index is 0.237. The molecule has 25 heavy (non-hydrogen) atoms. The number of ether oxygens (including phenoxy) is 1. The zero-order valence-electron chi connectivity index (χ0n) is 14.3. The summed E-state index contributed by atoms with van der Waals surface area (Å²) >= 11 is 0. The maximum absolute atomic E-state index is 12.4. The number of aryl methyl sites for hydroxylation is 1. The van der Waals surface area contributed by atoms with Crippen molar-refractivity contribution in [2.45, 2.75) is 31.9 Å². The topological polar surface area (TPSA) is 51.2 Å². The Kier molecular flexibility index (Phi) is 3.68. The van der Waals surface area contributed by atoms with Crippen molar-refractivity contribution in [2.24, 2.45) is 0 Å². The highest BCUT2D eigenvalue weighted by molar-refractivity contribution is 5.84. The number of rotatable bonds is 3. The number of anilines is 1. The van der Waals surface area contributed by atoms with Crippen molar-refractivity contribution in [3.8, 4) is 0 Å². The van der Waals surface area contributed by atoms with Gasteiger partial charge >= 0.3 is 5.97 Å². The third kappa shape index (κ3) is 2.95. The lowest BCUT2D eigenvalue weighted by Crippen LogP contribution is -2.25. The molecule has 4 nitrogen and oxygen atoms in total. The summed E-state index contributed by atoms with van der Waals surface area (Å²) in [5, 5.41) is 4.31. The van der Waals surface area contributed by atoms with Crippen LogP contribution in [0.3, 0.4) is 0 Å². The van der Waals surface area contributed by atoms with Crippen LogP contribution in [-0.4, -0.2) is 17.0 Å². The van der Waals surface area contributed by atoms with E-state index in [0.717, 1.165) is 22.0 Å². The zero-order chi connectivity index (χ0) is 17.4. The zero-order valence-corrected chi connectivity index (χ0v) is 14.3. The van der Waals surface area contributed by atoms with Crippen molar-refractivity contribution in [1.82, 2.24) is 4.98 Å². The number of carbonyl (C=O) groups is 1. The van der Waals surface area contributed by atoms with Crippen LogP contribution in [0.25, 0.3) is 10.9 Å². The average molecular weight is 332 g/mol. The van der Waals surface area contributed by atoms with E-state index in [1.165, 1.54) is 0 Å². The molecule has 1 saturated heterocycles. The van der Waals surface area contributed by atoms with Crippen molar-refractivity contribution >= 4 is 22.7 Å². The molecule has 0 amide bonds. The molecule has 1 fully saturated rings. The molecule has 126 valence electrons. The van der Waals surface area contributed by atoms with Gasteiger partial charge in [0.1, 0.15) is 17.5 Å². The molecule has 2 heterocycles. The normalized spacial score (nSPS) is 22.8. The number of para-hydroxylation sites is 1. The van der Waals surface area contributed by atoms with Crippen LogP contribution >= 0.6 is 0 Å². The molecule has 3 aromatic rings. The molecule has 0 radical (unpaired) electrons. The summed E-state index contributed by atoms with van der Waals surface area (Å²) < 4.78 is 5.73. The first kappa shape index (κ1) is 15.6. The van der Waals surface area contributed by atoms with Crippen LogP contribution in [0.15, 0.2) is 60.7 Å². The van der Waals surface area contributed by atoms with Crippen molar-refractivity contribution < 1.29 is 9.53 Å². The number of carbonyl (C=O) groups excluding carboxylic acids is 1. The largest absolute Gasteiger partial charge is 0.453 e. The van der Waals surface area contributed by atoms with Crippen molar-refractivity contribution in [3.63, 3.8) is 0 Å². The molecule has 0 bridgehead atoms. The summed E-state index contributed by atoms with van der Waals surface area (Å²) in [4.78, 5) is 17.0. The average Bonchev–Trinajstić information content (AvgIpc) is 2.90. The van der Waals surface area contributed by atoms with E-state index in [9.17, 15) is 4.79 Å². The predicted molar refractivity (Wildman–Crippen MR) is 98.4 cm³/mol. The Hall–Kier alpha value is -2.88. The van der Waals surface area contributed by atoms with Gasteiger partial charge in [0.2, 0.25) is 0 Å². The summed E-state index contributed by atoms with van der Waals surface area (Å²) in [5.41, 5.74) is 2.47. The summed E-state index contributed by atoms with van der Waals surface area (Å²) in [6.07, 6.45) is 0.573. The predicted octanol–water partition coefficient (Wildman–Crippen LogP) is 4.19. The number of hydrogen-bond acceptors (Lipinski definition) is 4. The Balaban J connectivity index is 1.57. The van der Waals surface area contributed by atoms with Gasteiger partial charge in [0.15, 0.2) is 0 Å². The molecule has 2 aromatic carbocycles. The Morgan fingerprint density at radius 3 is 2.80 bits per heavy atom. The fraction of sp³-hybridized carbons (Fsp3) is 0.238. The van der Waals surface area contributed by atoms with Gasteiger partial charge in [-0.05, 0) is 37.6 Å². The number of nitrogens with one attached hydrogen (secondary N) is 1. The van der Waals surface area contributed by atoms with Gasteiger partial charge in [-0.3, -0.25) is 0 Å². The first-order valence-corrected chi connectivity index (χ1v) is 8.46. The van der Waals surface area contributed by atoms with Gasteiger partial charge in [-0.2, -0.15) is 0 Å². The SMILES string of the molecule is Cc1cccc(C2(C)CC(Nc3ccc4ccccc4n3)C(=O)O2)c1. The van der Waals surface area contributed by atoms with Crippen LogP contribution in [0.5, 0.6) is 0 Å². The Bertz CT molecular complexity index is 953. The first-order valence-electron chi connectivity index (χ1n) is 8.46. The van der Waals surface area contributed by atoms with Crippen LogP contribution < -0.4 is 5.32 Å². The molecule has 2 unspecified atom stereocenters. The number of pyridine rings is 1. The minimum Gasteiger partial charge on any atom is -0.453 e. The number of cyclic esters (lactones) is 1. The molecule has 0 aliphatic carbocycles. The van der Waals surface area contributed by atoms with Crippen LogP contribution in [0.1, 0.15) is 24.5 Å². The Labute approximate surface area is 146 Å². The van der Waals surface area contributed by atoms with Gasteiger partial charge < -0.3 is 10.1 Å². The molecule has 1 aliphatic heterocycles. The molecular weight excluding hydrogens is 312 g/mol. The molecule has 1 aromatic heterocycles. The van der Waals surface area contributed by atoms with E-state index >= 15 is 0 Å². The standard InChI is InChI=1S/C21H20N2O2/c1-14-6-5-8-16(12-14)21(2)13-18(20(24)25-21)23-19-11-10-15-7-3-4-9-17(15)22-19/h3-12,18H,13H2,1-2H3,(H,22,23). The number of hydrogen-bond donors (Lipinski definition) is 1. The summed E-state index contributed by atoms with van der Waals surface area (Å²) in [6.45, 7) is 4.01. The van der Waals surface area contributed by atoms with E-state index in [0.29, 0.717) is 12.2 Å². The van der Waals surface area contributed by atoms with E-state index < -0.39 is 11.6 Å². The van der Waals surface area contributed by atoms with Gasteiger partial charge in [0.25, 0.3) is 0 Å². The smallest absolute Gasteiger partial charge is 0.329 e. The van der Waals surface area contributed by atoms with Crippen molar-refractivity contribution in [3.05, 3.63) is 71.8 Å². The highest BCUT2D eigenvalue weighted by Crippen LogP contribution is 2.37. The lowest BCUT2D eigenvalue weighted by Gasteiger charge is -2.23. The number of fused-ring (bicyclic) bond motifs is 1. The van der Waals surface area contributed by atoms with Crippen LogP contribution in [0, 0.1) is 6.92 Å². The second kappa shape index (κ2) is 5.88. The van der Waals surface area contributed by atoms with Crippen molar-refractivity contribution in [1.29, 1.82) is 0 Å². The first-order chi connectivity index (χ1) is 12.0. The second-order valence-corrected chi connectivity index (χ2v) is 6.81. The van der Waals surface area contributed by atoms with E-state index in [2.05, 4.69) is 16.4 Å². The van der Waals surface area contributed by atoms with E-state index in [-0.39, 0.29) is 5.97 Å². The molecule has 1 N–H and O–H groups in total. The lowest BCUT2D eigenvalue weighted by molar-refractivity contribution is -0.148. The third-order valence-electron chi connectivity index (χ3n) is 4.75. The maximum atomic E-state index is 12.4. The molecule has 2 atom stereocenters. The van der Waals surface area contributed by atoms with Gasteiger partial charge in [-0.25, -0.2) is 9.78 Å². The molecule has 0 saturated carbocycles. The summed E-state index contributed by atoms with van der Waals surface area (Å²) in [7, 11) is 0. The fourth-order valence-corrected chi connectivity index (χ4v) is 3.39. The van der Waals surface area contributed by atoms with Crippen LogP contribution in [-0.2, 0) is 15.1 Å². The number of esters is 1.